The van der Waals surface area contributed by atoms with Crippen LogP contribution in [-0.4, -0.2) is 102 Å². The zero-order valence-corrected chi connectivity index (χ0v) is 21.6. The van der Waals surface area contributed by atoms with Gasteiger partial charge in [-0.1, -0.05) is 24.3 Å². The molecule has 4 N–H and O–H groups in total. The first-order valence-corrected chi connectivity index (χ1v) is 12.6. The second-order valence-electron chi connectivity index (χ2n) is 9.87. The van der Waals surface area contributed by atoms with Crippen molar-refractivity contribution in [1.29, 1.82) is 0 Å². The standard InChI is InChI=1S/C21H33N3O.2C2HF3O2/c1-23(13-6-16-24-14-4-5-15-24)19-17-7-2-3-8-18(17)21(20(19)25)9-11-22-12-10-21;2*3-2(4,5)1(6)7/h2-3,7-8,19-20,22,25H,4-6,9-16H2,1H3;2*(H,6,7)/t19-,20+;;/m1../s1. The van der Waals surface area contributed by atoms with Crippen molar-refractivity contribution in [2.24, 2.45) is 0 Å². The molecule has 2 saturated heterocycles. The van der Waals surface area contributed by atoms with E-state index in [1.807, 2.05) is 0 Å². The van der Waals surface area contributed by atoms with Gasteiger partial charge in [-0.3, -0.25) is 4.90 Å². The maximum atomic E-state index is 11.4. The lowest BCUT2D eigenvalue weighted by Crippen LogP contribution is -2.48. The average molecular weight is 572 g/mol. The van der Waals surface area contributed by atoms with Gasteiger partial charge in [0.1, 0.15) is 0 Å². The van der Waals surface area contributed by atoms with Crippen molar-refractivity contribution in [3.63, 3.8) is 0 Å². The van der Waals surface area contributed by atoms with E-state index in [1.54, 1.807) is 0 Å². The fourth-order valence-corrected chi connectivity index (χ4v) is 5.45. The van der Waals surface area contributed by atoms with Crippen LogP contribution in [0.15, 0.2) is 24.3 Å². The number of halogens is 6. The number of hydrogen-bond acceptors (Lipinski definition) is 6. The number of carboxylic acid groups (broad SMARTS) is 2. The number of nitrogens with zero attached hydrogens (tertiary/aromatic N) is 2. The van der Waals surface area contributed by atoms with E-state index in [0.29, 0.717) is 0 Å². The summed E-state index contributed by atoms with van der Waals surface area (Å²) in [6, 6.07) is 8.94. The van der Waals surface area contributed by atoms with Crippen LogP contribution in [0.2, 0.25) is 0 Å². The summed E-state index contributed by atoms with van der Waals surface area (Å²) in [5.41, 5.74) is 2.72. The molecule has 39 heavy (non-hydrogen) atoms. The normalized spacial score (nSPS) is 22.5. The van der Waals surface area contributed by atoms with E-state index < -0.39 is 24.3 Å². The lowest BCUT2D eigenvalue weighted by atomic mass is 9.72. The van der Waals surface area contributed by atoms with Crippen LogP contribution < -0.4 is 5.32 Å². The Hall–Kier alpha value is -2.42. The molecule has 8 nitrogen and oxygen atoms in total. The molecular weight excluding hydrogens is 536 g/mol. The molecule has 0 radical (unpaired) electrons. The van der Waals surface area contributed by atoms with Gasteiger partial charge in [-0.05, 0) is 89.5 Å². The van der Waals surface area contributed by atoms with Crippen LogP contribution in [0.1, 0.15) is 49.3 Å². The van der Waals surface area contributed by atoms with E-state index >= 15 is 0 Å². The third-order valence-electron chi connectivity index (χ3n) is 7.32. The van der Waals surface area contributed by atoms with Crippen molar-refractivity contribution in [1.82, 2.24) is 15.1 Å². The van der Waals surface area contributed by atoms with Gasteiger partial charge in [0.15, 0.2) is 0 Å². The first-order valence-electron chi connectivity index (χ1n) is 12.6. The van der Waals surface area contributed by atoms with E-state index in [2.05, 4.69) is 46.4 Å². The molecule has 14 heteroatoms. The molecule has 0 saturated carbocycles. The third-order valence-corrected chi connectivity index (χ3v) is 7.32. The maximum Gasteiger partial charge on any atom is 0.490 e. The summed E-state index contributed by atoms with van der Waals surface area (Å²) in [5, 5.41) is 29.1. The van der Waals surface area contributed by atoms with Crippen molar-refractivity contribution >= 4 is 11.9 Å². The zero-order valence-electron chi connectivity index (χ0n) is 21.6. The monoisotopic (exact) mass is 571 g/mol. The first kappa shape index (κ1) is 32.8. The van der Waals surface area contributed by atoms with E-state index in [9.17, 15) is 31.4 Å². The van der Waals surface area contributed by atoms with Crippen LogP contribution in [0.4, 0.5) is 26.3 Å². The van der Waals surface area contributed by atoms with Gasteiger partial charge in [-0.15, -0.1) is 0 Å². The smallest absolute Gasteiger partial charge is 0.475 e. The van der Waals surface area contributed by atoms with Gasteiger partial charge in [0, 0.05) is 5.41 Å². The summed E-state index contributed by atoms with van der Waals surface area (Å²) in [4.78, 5) is 22.8. The summed E-state index contributed by atoms with van der Waals surface area (Å²) in [5.74, 6) is -5.51. The van der Waals surface area contributed by atoms with Crippen LogP contribution >= 0.6 is 0 Å². The summed E-state index contributed by atoms with van der Waals surface area (Å²) >= 11 is 0. The second-order valence-corrected chi connectivity index (χ2v) is 9.87. The van der Waals surface area contributed by atoms with Gasteiger partial charge < -0.3 is 25.5 Å². The largest absolute Gasteiger partial charge is 0.490 e. The molecule has 222 valence electrons. The van der Waals surface area contributed by atoms with Crippen molar-refractivity contribution in [2.75, 3.05) is 46.3 Å². The summed E-state index contributed by atoms with van der Waals surface area (Å²) < 4.78 is 63.5. The number of carbonyl (C=O) groups is 2. The summed E-state index contributed by atoms with van der Waals surface area (Å²) in [7, 11) is 2.20. The number of aliphatic hydroxyl groups is 1. The van der Waals surface area contributed by atoms with Gasteiger partial charge >= 0.3 is 24.3 Å². The highest BCUT2D eigenvalue weighted by Crippen LogP contribution is 2.51. The Morgan fingerprint density at radius 2 is 1.49 bits per heavy atom. The van der Waals surface area contributed by atoms with E-state index in [1.165, 1.54) is 50.0 Å². The molecule has 0 unspecified atom stereocenters. The van der Waals surface area contributed by atoms with E-state index in [4.69, 9.17) is 19.8 Å². The van der Waals surface area contributed by atoms with Crippen LogP contribution in [0, 0.1) is 0 Å². The predicted molar refractivity (Wildman–Crippen MR) is 129 cm³/mol. The van der Waals surface area contributed by atoms with Crippen LogP contribution in [0.5, 0.6) is 0 Å². The van der Waals surface area contributed by atoms with Crippen LogP contribution in [0.3, 0.4) is 0 Å². The van der Waals surface area contributed by atoms with E-state index in [0.717, 1.165) is 32.5 Å². The highest BCUT2D eigenvalue weighted by molar-refractivity contribution is 5.73. The van der Waals surface area contributed by atoms with Crippen molar-refractivity contribution < 1.29 is 51.3 Å². The van der Waals surface area contributed by atoms with Crippen LogP contribution in [0.25, 0.3) is 0 Å². The Kier molecular flexibility index (Phi) is 11.6. The Morgan fingerprint density at radius 3 is 1.97 bits per heavy atom. The second kappa shape index (κ2) is 13.8. The SMILES string of the molecule is CN(CCCN1CCCC1)[C@@H]1c2ccccc2C2(CCNCC2)[C@H]1O.O=C(O)C(F)(F)F.O=C(O)C(F)(F)F. The molecule has 0 aromatic heterocycles. The molecule has 2 atom stereocenters. The molecule has 2 aliphatic heterocycles. The van der Waals surface area contributed by atoms with E-state index in [-0.39, 0.29) is 17.6 Å². The minimum Gasteiger partial charge on any atom is -0.475 e. The first-order chi connectivity index (χ1) is 18.1. The van der Waals surface area contributed by atoms with Gasteiger partial charge in [0.2, 0.25) is 0 Å². The number of piperidine rings is 1. The number of aliphatic carboxylic acids is 2. The van der Waals surface area contributed by atoms with Gasteiger partial charge in [0.05, 0.1) is 12.1 Å². The minimum absolute atomic E-state index is 0.0459. The number of hydrogen-bond donors (Lipinski definition) is 4. The molecule has 1 aromatic carbocycles. The molecule has 1 aromatic rings. The molecular formula is C25H35F6N3O5. The zero-order chi connectivity index (χ0) is 29.4. The molecule has 1 spiro atoms. The quantitative estimate of drug-likeness (QED) is 0.398. The number of aliphatic hydroxyl groups excluding tert-OH is 1. The Labute approximate surface area is 222 Å². The van der Waals surface area contributed by atoms with Crippen molar-refractivity contribution in [3.05, 3.63) is 35.4 Å². The molecule has 3 aliphatic rings. The average Bonchev–Trinajstić information content (AvgIpc) is 3.45. The lowest BCUT2D eigenvalue weighted by molar-refractivity contribution is -0.193. The third kappa shape index (κ3) is 8.78. The summed E-state index contributed by atoms with van der Waals surface area (Å²) in [6.07, 6.45) is -4.45. The van der Waals surface area contributed by atoms with Gasteiger partial charge in [-0.2, -0.15) is 26.3 Å². The molecule has 4 rings (SSSR count). The molecule has 0 amide bonds. The number of fused-ring (bicyclic) bond motifs is 2. The number of alkyl halides is 6. The number of likely N-dealkylation sites (tertiary alicyclic amines) is 1. The minimum atomic E-state index is -5.08. The highest BCUT2D eigenvalue weighted by Gasteiger charge is 2.52. The number of carboxylic acids is 2. The number of rotatable bonds is 5. The Morgan fingerprint density at radius 1 is 1.00 bits per heavy atom. The lowest BCUT2D eigenvalue weighted by Gasteiger charge is -2.40. The van der Waals surface area contributed by atoms with Gasteiger partial charge in [0.25, 0.3) is 0 Å². The molecule has 2 fully saturated rings. The fourth-order valence-electron chi connectivity index (χ4n) is 5.45. The molecule has 1 aliphatic carbocycles. The molecule has 0 bridgehead atoms. The summed E-state index contributed by atoms with van der Waals surface area (Å²) in [6.45, 7) is 6.82. The fraction of sp³-hybridized carbons (Fsp3) is 0.680. The predicted octanol–water partition coefficient (Wildman–Crippen LogP) is 3.41. The number of likely N-dealkylation sites (N-methyl/N-ethyl adjacent to an activating group) is 1. The van der Waals surface area contributed by atoms with Gasteiger partial charge in [-0.25, -0.2) is 9.59 Å². The highest BCUT2D eigenvalue weighted by atomic mass is 19.4. The number of nitrogens with one attached hydrogen (secondary N) is 1. The topological polar surface area (TPSA) is 113 Å². The Bertz CT molecular complexity index is 923. The van der Waals surface area contributed by atoms with Crippen molar-refractivity contribution in [3.8, 4) is 0 Å². The van der Waals surface area contributed by atoms with Crippen molar-refractivity contribution in [2.45, 2.75) is 62.0 Å². The maximum absolute atomic E-state index is 11.4. The Balaban J connectivity index is 0.000000317. The molecule has 2 heterocycles. The van der Waals surface area contributed by atoms with Crippen LogP contribution in [-0.2, 0) is 15.0 Å². The number of benzene rings is 1.